The monoisotopic (exact) mass is 457 g/mol. The third kappa shape index (κ3) is 6.32. The van der Waals surface area contributed by atoms with Crippen LogP contribution < -0.4 is 10.5 Å². The highest BCUT2D eigenvalue weighted by molar-refractivity contribution is 5.85. The van der Waals surface area contributed by atoms with Gasteiger partial charge >= 0.3 is 0 Å². The number of hydrogen-bond acceptors (Lipinski definition) is 4. The Morgan fingerprint density at radius 1 is 1.10 bits per heavy atom. The molecular formula is C22H30Cl2FN3O2. The Morgan fingerprint density at radius 3 is 2.33 bits per heavy atom. The average Bonchev–Trinajstić information content (AvgIpc) is 2.73. The molecular weight excluding hydrogens is 428 g/mol. The quantitative estimate of drug-likeness (QED) is 0.718. The van der Waals surface area contributed by atoms with Gasteiger partial charge in [0.2, 0.25) is 5.91 Å². The van der Waals surface area contributed by atoms with E-state index in [2.05, 4.69) is 4.90 Å². The van der Waals surface area contributed by atoms with E-state index in [1.54, 1.807) is 13.2 Å². The maximum absolute atomic E-state index is 13.6. The SMILES string of the molecule is COc1ccc(F)cc1CN1CCN(C(=O)C(C)C(N)c2ccccc2)CC1.Cl.Cl. The van der Waals surface area contributed by atoms with Gasteiger partial charge in [-0.3, -0.25) is 9.69 Å². The fourth-order valence-electron chi connectivity index (χ4n) is 3.64. The zero-order chi connectivity index (χ0) is 20.1. The predicted molar refractivity (Wildman–Crippen MR) is 122 cm³/mol. The molecule has 1 saturated heterocycles. The third-order valence-corrected chi connectivity index (χ3v) is 5.43. The number of nitrogens with two attached hydrogens (primary N) is 1. The number of carbonyl (C=O) groups is 1. The van der Waals surface area contributed by atoms with Gasteiger partial charge in [0, 0.05) is 44.3 Å². The van der Waals surface area contributed by atoms with Crippen LogP contribution in [0.3, 0.4) is 0 Å². The van der Waals surface area contributed by atoms with Crippen molar-refractivity contribution in [2.24, 2.45) is 11.7 Å². The van der Waals surface area contributed by atoms with Crippen molar-refractivity contribution in [1.82, 2.24) is 9.80 Å². The van der Waals surface area contributed by atoms with E-state index >= 15 is 0 Å². The number of nitrogens with zero attached hydrogens (tertiary/aromatic N) is 2. The van der Waals surface area contributed by atoms with Crippen molar-refractivity contribution in [3.63, 3.8) is 0 Å². The highest BCUT2D eigenvalue weighted by Gasteiger charge is 2.29. The minimum atomic E-state index is -0.316. The minimum Gasteiger partial charge on any atom is -0.496 e. The van der Waals surface area contributed by atoms with Crippen LogP contribution in [-0.2, 0) is 11.3 Å². The normalized spacial score (nSPS) is 16.1. The van der Waals surface area contributed by atoms with Gasteiger partial charge in [-0.25, -0.2) is 4.39 Å². The van der Waals surface area contributed by atoms with E-state index < -0.39 is 0 Å². The molecule has 0 aromatic heterocycles. The number of benzene rings is 2. The Morgan fingerprint density at radius 2 is 1.73 bits per heavy atom. The molecule has 8 heteroatoms. The van der Waals surface area contributed by atoms with Gasteiger partial charge in [-0.05, 0) is 23.8 Å². The number of methoxy groups -OCH3 is 1. The second-order valence-electron chi connectivity index (χ2n) is 7.28. The summed E-state index contributed by atoms with van der Waals surface area (Å²) in [6.07, 6.45) is 0. The van der Waals surface area contributed by atoms with Gasteiger partial charge in [-0.15, -0.1) is 24.8 Å². The van der Waals surface area contributed by atoms with E-state index in [-0.39, 0.29) is 48.5 Å². The van der Waals surface area contributed by atoms with Crippen LogP contribution >= 0.6 is 24.8 Å². The number of halogens is 3. The molecule has 2 aromatic carbocycles. The molecule has 1 amide bonds. The Labute approximate surface area is 190 Å². The fraction of sp³-hybridized carbons (Fsp3) is 0.409. The molecule has 5 nitrogen and oxygen atoms in total. The van der Waals surface area contributed by atoms with Gasteiger partial charge < -0.3 is 15.4 Å². The third-order valence-electron chi connectivity index (χ3n) is 5.43. The summed E-state index contributed by atoms with van der Waals surface area (Å²) in [5.74, 6) is 0.215. The maximum Gasteiger partial charge on any atom is 0.227 e. The average molecular weight is 458 g/mol. The first-order valence-electron chi connectivity index (χ1n) is 9.63. The van der Waals surface area contributed by atoms with Gasteiger partial charge in [0.1, 0.15) is 11.6 Å². The van der Waals surface area contributed by atoms with Crippen LogP contribution in [-0.4, -0.2) is 49.0 Å². The molecule has 1 aliphatic heterocycles. The van der Waals surface area contributed by atoms with Crippen molar-refractivity contribution in [2.75, 3.05) is 33.3 Å². The van der Waals surface area contributed by atoms with Crippen molar-refractivity contribution in [3.8, 4) is 5.75 Å². The highest BCUT2D eigenvalue weighted by atomic mass is 35.5. The predicted octanol–water partition coefficient (Wildman–Crippen LogP) is 3.66. The van der Waals surface area contributed by atoms with Crippen molar-refractivity contribution in [3.05, 3.63) is 65.5 Å². The van der Waals surface area contributed by atoms with Crippen molar-refractivity contribution in [2.45, 2.75) is 19.5 Å². The lowest BCUT2D eigenvalue weighted by Crippen LogP contribution is -2.50. The first-order chi connectivity index (χ1) is 13.5. The second kappa shape index (κ2) is 12.1. The number of piperazine rings is 1. The maximum atomic E-state index is 13.6. The van der Waals surface area contributed by atoms with E-state index in [1.807, 2.05) is 42.2 Å². The van der Waals surface area contributed by atoms with E-state index in [4.69, 9.17) is 10.5 Å². The molecule has 2 atom stereocenters. The Bertz CT molecular complexity index is 802. The Hall–Kier alpha value is -1.86. The van der Waals surface area contributed by atoms with Gasteiger partial charge in [-0.1, -0.05) is 37.3 Å². The van der Waals surface area contributed by atoms with Crippen LogP contribution in [0.1, 0.15) is 24.1 Å². The van der Waals surface area contributed by atoms with Crippen molar-refractivity contribution < 1.29 is 13.9 Å². The standard InChI is InChI=1S/C22H28FN3O2.2ClH/c1-16(21(24)17-6-4-3-5-7-17)22(27)26-12-10-25(11-13-26)15-18-14-19(23)8-9-20(18)28-2;;/h3-9,14,16,21H,10-13,15,24H2,1-2H3;2*1H. The summed E-state index contributed by atoms with van der Waals surface area (Å²) in [6, 6.07) is 14.0. The summed E-state index contributed by atoms with van der Waals surface area (Å²) in [7, 11) is 1.59. The van der Waals surface area contributed by atoms with Gasteiger partial charge in [0.05, 0.1) is 13.0 Å². The van der Waals surface area contributed by atoms with Gasteiger partial charge in [-0.2, -0.15) is 0 Å². The molecule has 0 radical (unpaired) electrons. The number of rotatable bonds is 6. The summed E-state index contributed by atoms with van der Waals surface area (Å²) in [5, 5.41) is 0. The van der Waals surface area contributed by atoms with Gasteiger partial charge in [0.25, 0.3) is 0 Å². The fourth-order valence-corrected chi connectivity index (χ4v) is 3.64. The largest absolute Gasteiger partial charge is 0.496 e. The number of hydrogen-bond donors (Lipinski definition) is 1. The molecule has 2 N–H and O–H groups in total. The highest BCUT2D eigenvalue weighted by Crippen LogP contribution is 2.24. The van der Waals surface area contributed by atoms with E-state index in [0.29, 0.717) is 25.4 Å². The summed E-state index contributed by atoms with van der Waals surface area (Å²) in [4.78, 5) is 17.0. The number of carbonyl (C=O) groups excluding carboxylic acids is 1. The molecule has 1 heterocycles. The Balaban J connectivity index is 0.00000225. The first kappa shape index (κ1) is 26.2. The molecule has 0 saturated carbocycles. The lowest BCUT2D eigenvalue weighted by Gasteiger charge is -2.37. The van der Waals surface area contributed by atoms with Crippen LogP contribution in [0.15, 0.2) is 48.5 Å². The number of amides is 1. The minimum absolute atomic E-state index is 0. The lowest BCUT2D eigenvalue weighted by molar-refractivity contribution is -0.137. The smallest absolute Gasteiger partial charge is 0.227 e. The van der Waals surface area contributed by atoms with Crippen LogP contribution in [0.5, 0.6) is 5.75 Å². The molecule has 1 aliphatic rings. The van der Waals surface area contributed by atoms with Crippen molar-refractivity contribution >= 4 is 30.7 Å². The van der Waals surface area contributed by atoms with E-state index in [1.165, 1.54) is 12.1 Å². The van der Waals surface area contributed by atoms with Crippen molar-refractivity contribution in [1.29, 1.82) is 0 Å². The van der Waals surface area contributed by atoms with E-state index in [9.17, 15) is 9.18 Å². The van der Waals surface area contributed by atoms with Crippen LogP contribution in [0.4, 0.5) is 4.39 Å². The van der Waals surface area contributed by atoms with Crippen LogP contribution in [0.25, 0.3) is 0 Å². The molecule has 0 spiro atoms. The molecule has 166 valence electrons. The molecule has 0 aliphatic carbocycles. The molecule has 3 rings (SSSR count). The zero-order valence-corrected chi connectivity index (χ0v) is 18.9. The summed E-state index contributed by atoms with van der Waals surface area (Å²) in [6.45, 7) is 5.24. The molecule has 2 unspecified atom stereocenters. The number of ether oxygens (including phenoxy) is 1. The van der Waals surface area contributed by atoms with Gasteiger partial charge in [0.15, 0.2) is 0 Å². The van der Waals surface area contributed by atoms with Crippen LogP contribution in [0.2, 0.25) is 0 Å². The molecule has 0 bridgehead atoms. The molecule has 2 aromatic rings. The zero-order valence-electron chi connectivity index (χ0n) is 17.3. The summed E-state index contributed by atoms with van der Waals surface area (Å²) in [5.41, 5.74) is 8.11. The molecule has 1 fully saturated rings. The summed E-state index contributed by atoms with van der Waals surface area (Å²) >= 11 is 0. The lowest BCUT2D eigenvalue weighted by atomic mass is 9.94. The summed E-state index contributed by atoms with van der Waals surface area (Å²) < 4.78 is 18.9. The second-order valence-corrected chi connectivity index (χ2v) is 7.28. The Kier molecular flexibility index (Phi) is 10.6. The van der Waals surface area contributed by atoms with Crippen LogP contribution in [0, 0.1) is 11.7 Å². The topological polar surface area (TPSA) is 58.8 Å². The van der Waals surface area contributed by atoms with E-state index in [0.717, 1.165) is 24.2 Å². The molecule has 30 heavy (non-hydrogen) atoms. The first-order valence-corrected chi connectivity index (χ1v) is 9.63.